The molecule has 130 valence electrons. The van der Waals surface area contributed by atoms with Gasteiger partial charge in [0.25, 0.3) is 0 Å². The molecule has 3 saturated heterocycles. The van der Waals surface area contributed by atoms with Gasteiger partial charge in [-0.05, 0) is 31.4 Å². The van der Waals surface area contributed by atoms with Gasteiger partial charge >= 0.3 is 6.09 Å². The topological polar surface area (TPSA) is 66.9 Å². The standard InChI is InChI=1S/C17H24N4O3/c22-17-19-13(12-23-17)10-20-9-5-14(11-20)24-15-4-3-6-18-16(15)21-7-1-2-8-21/h3-4,6,13-14H,1-2,5,7-12H2,(H,19,22)/t13-,14-/m0/s1. The normalized spacial score (nSPS) is 27.3. The molecule has 0 aromatic carbocycles. The van der Waals surface area contributed by atoms with Crippen molar-refractivity contribution in [2.45, 2.75) is 31.4 Å². The molecule has 7 nitrogen and oxygen atoms in total. The van der Waals surface area contributed by atoms with Crippen molar-refractivity contribution >= 4 is 11.9 Å². The number of hydrogen-bond acceptors (Lipinski definition) is 6. The van der Waals surface area contributed by atoms with Crippen molar-refractivity contribution in [3.63, 3.8) is 0 Å². The minimum Gasteiger partial charge on any atom is -0.485 e. The maximum absolute atomic E-state index is 11.1. The summed E-state index contributed by atoms with van der Waals surface area (Å²) in [6, 6.07) is 4.05. The summed E-state index contributed by atoms with van der Waals surface area (Å²) in [6.45, 7) is 5.26. The number of aromatic nitrogens is 1. The molecule has 0 spiro atoms. The molecule has 3 aliphatic heterocycles. The van der Waals surface area contributed by atoms with Crippen LogP contribution in [0.25, 0.3) is 0 Å². The van der Waals surface area contributed by atoms with Gasteiger partial charge in [0.15, 0.2) is 11.6 Å². The molecule has 0 radical (unpaired) electrons. The number of rotatable bonds is 5. The van der Waals surface area contributed by atoms with Gasteiger partial charge in [-0.25, -0.2) is 9.78 Å². The molecule has 3 aliphatic rings. The van der Waals surface area contributed by atoms with Gasteiger partial charge in [-0.1, -0.05) is 0 Å². The fourth-order valence-corrected chi connectivity index (χ4v) is 3.72. The Morgan fingerprint density at radius 2 is 2.21 bits per heavy atom. The first-order chi connectivity index (χ1) is 11.8. The van der Waals surface area contributed by atoms with Gasteiger partial charge in [-0.2, -0.15) is 0 Å². The van der Waals surface area contributed by atoms with E-state index in [2.05, 4.69) is 20.1 Å². The van der Waals surface area contributed by atoms with Crippen molar-refractivity contribution in [1.82, 2.24) is 15.2 Å². The van der Waals surface area contributed by atoms with E-state index in [0.29, 0.717) is 6.61 Å². The zero-order valence-electron chi connectivity index (χ0n) is 13.8. The lowest BCUT2D eigenvalue weighted by molar-refractivity contribution is 0.173. The summed E-state index contributed by atoms with van der Waals surface area (Å²) >= 11 is 0. The number of alkyl carbamates (subject to hydrolysis) is 1. The first-order valence-electron chi connectivity index (χ1n) is 8.80. The van der Waals surface area contributed by atoms with Gasteiger partial charge < -0.3 is 19.7 Å². The second-order valence-electron chi connectivity index (χ2n) is 6.75. The number of hydrogen-bond donors (Lipinski definition) is 1. The molecule has 4 heterocycles. The van der Waals surface area contributed by atoms with Crippen LogP contribution in [0.1, 0.15) is 19.3 Å². The Morgan fingerprint density at radius 3 is 3.00 bits per heavy atom. The maximum Gasteiger partial charge on any atom is 0.407 e. The van der Waals surface area contributed by atoms with Crippen LogP contribution in [0.2, 0.25) is 0 Å². The molecule has 0 saturated carbocycles. The van der Waals surface area contributed by atoms with E-state index in [1.165, 1.54) is 12.8 Å². The van der Waals surface area contributed by atoms with Crippen molar-refractivity contribution < 1.29 is 14.3 Å². The van der Waals surface area contributed by atoms with Crippen LogP contribution in [0.15, 0.2) is 18.3 Å². The Morgan fingerprint density at radius 1 is 1.33 bits per heavy atom. The molecule has 1 amide bonds. The highest BCUT2D eigenvalue weighted by Crippen LogP contribution is 2.30. The number of ether oxygens (including phenoxy) is 2. The smallest absolute Gasteiger partial charge is 0.407 e. The number of cyclic esters (lactones) is 1. The van der Waals surface area contributed by atoms with Crippen LogP contribution in [0.5, 0.6) is 5.75 Å². The summed E-state index contributed by atoms with van der Waals surface area (Å²) in [5, 5.41) is 2.83. The number of carbonyl (C=O) groups excluding carboxylic acids is 1. The highest BCUT2D eigenvalue weighted by molar-refractivity contribution is 5.69. The molecule has 0 bridgehead atoms. The van der Waals surface area contributed by atoms with Crippen molar-refractivity contribution in [1.29, 1.82) is 0 Å². The van der Waals surface area contributed by atoms with E-state index in [9.17, 15) is 4.79 Å². The molecule has 0 aliphatic carbocycles. The quantitative estimate of drug-likeness (QED) is 0.875. The van der Waals surface area contributed by atoms with Gasteiger partial charge in [0.2, 0.25) is 0 Å². The SMILES string of the molecule is O=C1N[C@@H](CN2CC[C@H](Oc3cccnc3N3CCCC3)C2)CO1. The minimum absolute atomic E-state index is 0.0924. The van der Waals surface area contributed by atoms with Gasteiger partial charge in [-0.3, -0.25) is 4.90 Å². The largest absolute Gasteiger partial charge is 0.485 e. The monoisotopic (exact) mass is 332 g/mol. The number of anilines is 1. The molecule has 7 heteroatoms. The van der Waals surface area contributed by atoms with Crippen LogP contribution in [-0.2, 0) is 4.74 Å². The molecular weight excluding hydrogens is 308 g/mol. The summed E-state index contributed by atoms with van der Waals surface area (Å²) < 4.78 is 11.2. The van der Waals surface area contributed by atoms with Crippen LogP contribution in [0, 0.1) is 0 Å². The third kappa shape index (κ3) is 3.40. The van der Waals surface area contributed by atoms with E-state index >= 15 is 0 Å². The van der Waals surface area contributed by atoms with E-state index in [1.54, 1.807) is 0 Å². The number of nitrogens with zero attached hydrogens (tertiary/aromatic N) is 3. The van der Waals surface area contributed by atoms with Gasteiger partial charge in [-0.15, -0.1) is 0 Å². The molecule has 1 aromatic heterocycles. The summed E-state index contributed by atoms with van der Waals surface area (Å²) in [5.74, 6) is 1.87. The molecule has 1 N–H and O–H groups in total. The van der Waals surface area contributed by atoms with E-state index in [4.69, 9.17) is 9.47 Å². The van der Waals surface area contributed by atoms with E-state index in [1.807, 2.05) is 18.3 Å². The Hall–Kier alpha value is -2.02. The predicted octanol–water partition coefficient (Wildman–Crippen LogP) is 1.24. The summed E-state index contributed by atoms with van der Waals surface area (Å²) in [5.41, 5.74) is 0. The molecule has 3 fully saturated rings. The van der Waals surface area contributed by atoms with Crippen LogP contribution >= 0.6 is 0 Å². The highest BCUT2D eigenvalue weighted by atomic mass is 16.6. The third-order valence-corrected chi connectivity index (χ3v) is 4.90. The van der Waals surface area contributed by atoms with E-state index in [-0.39, 0.29) is 18.2 Å². The third-order valence-electron chi connectivity index (χ3n) is 4.90. The highest BCUT2D eigenvalue weighted by Gasteiger charge is 2.30. The zero-order chi connectivity index (χ0) is 16.4. The van der Waals surface area contributed by atoms with Crippen molar-refractivity contribution in [2.75, 3.05) is 44.2 Å². The van der Waals surface area contributed by atoms with Crippen LogP contribution < -0.4 is 15.0 Å². The Kier molecular flexibility index (Phi) is 4.42. The van der Waals surface area contributed by atoms with Crippen LogP contribution in [0.3, 0.4) is 0 Å². The van der Waals surface area contributed by atoms with Crippen molar-refractivity contribution in [3.05, 3.63) is 18.3 Å². The average molecular weight is 332 g/mol. The lowest BCUT2D eigenvalue weighted by Crippen LogP contribution is -2.39. The number of pyridine rings is 1. The summed E-state index contributed by atoms with van der Waals surface area (Å²) in [7, 11) is 0. The fourth-order valence-electron chi connectivity index (χ4n) is 3.72. The van der Waals surface area contributed by atoms with E-state index in [0.717, 1.165) is 50.7 Å². The van der Waals surface area contributed by atoms with Crippen molar-refractivity contribution in [3.8, 4) is 5.75 Å². The number of nitrogens with one attached hydrogen (secondary N) is 1. The summed E-state index contributed by atoms with van der Waals surface area (Å²) in [4.78, 5) is 20.3. The lowest BCUT2D eigenvalue weighted by atomic mass is 10.3. The molecule has 1 aromatic rings. The second kappa shape index (κ2) is 6.84. The molecule has 2 atom stereocenters. The van der Waals surface area contributed by atoms with Gasteiger partial charge in [0, 0.05) is 38.9 Å². The Labute approximate surface area is 141 Å². The first-order valence-corrected chi connectivity index (χ1v) is 8.80. The second-order valence-corrected chi connectivity index (χ2v) is 6.75. The van der Waals surface area contributed by atoms with E-state index < -0.39 is 0 Å². The molecule has 4 rings (SSSR count). The molecular formula is C17H24N4O3. The van der Waals surface area contributed by atoms with Gasteiger partial charge in [0.1, 0.15) is 12.7 Å². The fraction of sp³-hybridized carbons (Fsp3) is 0.647. The summed E-state index contributed by atoms with van der Waals surface area (Å²) in [6.07, 6.45) is 5.15. The number of likely N-dealkylation sites (tertiary alicyclic amines) is 1. The Balaban J connectivity index is 1.34. The maximum atomic E-state index is 11.1. The van der Waals surface area contributed by atoms with Crippen molar-refractivity contribution in [2.24, 2.45) is 0 Å². The predicted molar refractivity (Wildman–Crippen MR) is 89.4 cm³/mol. The zero-order valence-corrected chi connectivity index (χ0v) is 13.8. The molecule has 0 unspecified atom stereocenters. The molecule has 24 heavy (non-hydrogen) atoms. The number of carbonyl (C=O) groups is 1. The van der Waals surface area contributed by atoms with Gasteiger partial charge in [0.05, 0.1) is 6.04 Å². The van der Waals surface area contributed by atoms with Crippen LogP contribution in [-0.4, -0.2) is 67.5 Å². The minimum atomic E-state index is -0.308. The first kappa shape index (κ1) is 15.5. The lowest BCUT2D eigenvalue weighted by Gasteiger charge is -2.23. The Bertz CT molecular complexity index is 591. The average Bonchev–Trinajstić information content (AvgIpc) is 3.32. The number of amides is 1. The van der Waals surface area contributed by atoms with Crippen LogP contribution in [0.4, 0.5) is 10.6 Å².